The Morgan fingerprint density at radius 2 is 2.19 bits per heavy atom. The van der Waals surface area contributed by atoms with Gasteiger partial charge in [0.1, 0.15) is 0 Å². The van der Waals surface area contributed by atoms with Gasteiger partial charge in [0.15, 0.2) is 0 Å². The fraction of sp³-hybridized carbons (Fsp3) is 0.538. The topological polar surface area (TPSA) is 43.7 Å². The van der Waals surface area contributed by atoms with Crippen molar-refractivity contribution in [3.05, 3.63) is 29.8 Å². The third-order valence-corrected chi connectivity index (χ3v) is 3.28. The highest BCUT2D eigenvalue weighted by molar-refractivity contribution is 5.56. The van der Waals surface area contributed by atoms with Gasteiger partial charge in [0.25, 0.3) is 0 Å². The van der Waals surface area contributed by atoms with Gasteiger partial charge in [-0.1, -0.05) is 18.2 Å². The first-order chi connectivity index (χ1) is 7.72. The number of rotatable bonds is 3. The highest BCUT2D eigenvalue weighted by Crippen LogP contribution is 2.30. The van der Waals surface area contributed by atoms with E-state index in [1.54, 1.807) is 0 Å². The van der Waals surface area contributed by atoms with Crippen molar-refractivity contribution in [3.8, 4) is 0 Å². The second kappa shape index (κ2) is 4.85. The number of para-hydroxylation sites is 1. The third kappa shape index (κ3) is 2.20. The van der Waals surface area contributed by atoms with Gasteiger partial charge >= 0.3 is 0 Å². The van der Waals surface area contributed by atoms with Crippen LogP contribution in [0.5, 0.6) is 0 Å². The summed E-state index contributed by atoms with van der Waals surface area (Å²) in [6, 6.07) is 8.73. The fourth-order valence-electron chi connectivity index (χ4n) is 2.32. The number of nitrogens with zero attached hydrogens (tertiary/aromatic N) is 1. The van der Waals surface area contributed by atoms with Gasteiger partial charge in [0, 0.05) is 18.3 Å². The van der Waals surface area contributed by atoms with Crippen molar-refractivity contribution >= 4 is 5.69 Å². The van der Waals surface area contributed by atoms with Crippen molar-refractivity contribution in [1.82, 2.24) is 0 Å². The van der Waals surface area contributed by atoms with E-state index in [9.17, 15) is 5.11 Å². The van der Waals surface area contributed by atoms with Crippen molar-refractivity contribution in [2.75, 3.05) is 18.1 Å². The van der Waals surface area contributed by atoms with Crippen molar-refractivity contribution in [2.24, 2.45) is 0 Å². The third-order valence-electron chi connectivity index (χ3n) is 3.28. The normalized spacial score (nSPS) is 21.7. The van der Waals surface area contributed by atoms with Crippen LogP contribution in [0.3, 0.4) is 0 Å². The number of benzene rings is 1. The molecule has 2 N–H and O–H groups in total. The van der Waals surface area contributed by atoms with E-state index in [4.69, 9.17) is 5.11 Å². The summed E-state index contributed by atoms with van der Waals surface area (Å²) in [4.78, 5) is 2.19. The van der Waals surface area contributed by atoms with Crippen LogP contribution >= 0.6 is 0 Å². The summed E-state index contributed by atoms with van der Waals surface area (Å²) in [6.07, 6.45) is 1.55. The number of β-amino-alcohol motifs (C(OH)–C–C–N with tert-alkyl or cyclic N) is 1. The fourth-order valence-corrected chi connectivity index (χ4v) is 2.32. The Kier molecular flexibility index (Phi) is 3.46. The highest BCUT2D eigenvalue weighted by Gasteiger charge is 2.24. The SMILES string of the molecule is CC1CCc2ccccc2N1CC(O)CO. The molecule has 3 nitrogen and oxygen atoms in total. The maximum absolute atomic E-state index is 9.56. The van der Waals surface area contributed by atoms with Gasteiger partial charge < -0.3 is 15.1 Å². The molecule has 16 heavy (non-hydrogen) atoms. The lowest BCUT2D eigenvalue weighted by atomic mass is 9.96. The molecule has 0 saturated heterocycles. The van der Waals surface area contributed by atoms with E-state index in [0.717, 1.165) is 12.8 Å². The van der Waals surface area contributed by atoms with Crippen molar-refractivity contribution in [1.29, 1.82) is 0 Å². The van der Waals surface area contributed by atoms with Crippen LogP contribution in [0.2, 0.25) is 0 Å². The van der Waals surface area contributed by atoms with Gasteiger partial charge in [-0.25, -0.2) is 0 Å². The number of hydrogen-bond donors (Lipinski definition) is 2. The Morgan fingerprint density at radius 1 is 1.44 bits per heavy atom. The van der Waals surface area contributed by atoms with Crippen LogP contribution in [0, 0.1) is 0 Å². The predicted molar refractivity (Wildman–Crippen MR) is 64.7 cm³/mol. The minimum atomic E-state index is -0.659. The van der Waals surface area contributed by atoms with Gasteiger partial charge in [-0.15, -0.1) is 0 Å². The standard InChI is InChI=1S/C13H19NO2/c1-10-6-7-11-4-2-3-5-13(11)14(10)8-12(16)9-15/h2-5,10,12,15-16H,6-9H2,1H3. The molecule has 0 aliphatic carbocycles. The average molecular weight is 221 g/mol. The van der Waals surface area contributed by atoms with E-state index in [1.165, 1.54) is 11.3 Å². The quantitative estimate of drug-likeness (QED) is 0.805. The zero-order valence-electron chi connectivity index (χ0n) is 9.63. The van der Waals surface area contributed by atoms with Gasteiger partial charge in [-0.05, 0) is 31.4 Å². The molecule has 0 bridgehead atoms. The Hall–Kier alpha value is -1.06. The second-order valence-corrected chi connectivity index (χ2v) is 4.51. The van der Waals surface area contributed by atoms with Crippen LogP contribution in [0.15, 0.2) is 24.3 Å². The number of aliphatic hydroxyl groups excluding tert-OH is 2. The van der Waals surface area contributed by atoms with E-state index >= 15 is 0 Å². The molecule has 1 heterocycles. The Morgan fingerprint density at radius 3 is 2.94 bits per heavy atom. The molecule has 0 radical (unpaired) electrons. The maximum Gasteiger partial charge on any atom is 0.0945 e. The minimum absolute atomic E-state index is 0.175. The summed E-state index contributed by atoms with van der Waals surface area (Å²) in [7, 11) is 0. The molecule has 0 saturated carbocycles. The molecule has 0 fully saturated rings. The lowest BCUT2D eigenvalue weighted by Gasteiger charge is -2.38. The van der Waals surface area contributed by atoms with Crippen molar-refractivity contribution in [3.63, 3.8) is 0 Å². The van der Waals surface area contributed by atoms with E-state index < -0.39 is 6.10 Å². The number of aryl methyl sites for hydroxylation is 1. The van der Waals surface area contributed by atoms with Crippen molar-refractivity contribution < 1.29 is 10.2 Å². The van der Waals surface area contributed by atoms with Crippen LogP contribution in [0.1, 0.15) is 18.9 Å². The minimum Gasteiger partial charge on any atom is -0.394 e. The molecule has 0 aromatic heterocycles. The van der Waals surface area contributed by atoms with Gasteiger partial charge in [-0.2, -0.15) is 0 Å². The van der Waals surface area contributed by atoms with E-state index in [1.807, 2.05) is 6.07 Å². The van der Waals surface area contributed by atoms with Crippen LogP contribution < -0.4 is 4.90 Å². The zero-order chi connectivity index (χ0) is 11.5. The Bertz CT molecular complexity index is 354. The molecular formula is C13H19NO2. The molecule has 1 aromatic rings. The summed E-state index contributed by atoms with van der Waals surface area (Å²) in [6.45, 7) is 2.50. The first kappa shape index (κ1) is 11.4. The number of aliphatic hydroxyl groups is 2. The first-order valence-corrected chi connectivity index (χ1v) is 5.86. The molecule has 2 atom stereocenters. The lowest BCUT2D eigenvalue weighted by Crippen LogP contribution is -2.43. The molecule has 88 valence electrons. The molecule has 0 spiro atoms. The molecule has 0 amide bonds. The molecule has 2 unspecified atom stereocenters. The van der Waals surface area contributed by atoms with Crippen LogP contribution in [-0.4, -0.2) is 35.5 Å². The van der Waals surface area contributed by atoms with E-state index in [0.29, 0.717) is 12.6 Å². The summed E-state index contributed by atoms with van der Waals surface area (Å²) in [5.74, 6) is 0. The second-order valence-electron chi connectivity index (χ2n) is 4.51. The lowest BCUT2D eigenvalue weighted by molar-refractivity contribution is 0.0980. The van der Waals surface area contributed by atoms with E-state index in [-0.39, 0.29) is 6.61 Å². The summed E-state index contributed by atoms with van der Waals surface area (Å²) in [5.41, 5.74) is 2.54. The molecule has 1 aliphatic rings. The van der Waals surface area contributed by atoms with Gasteiger partial charge in [0.05, 0.1) is 12.7 Å². The monoisotopic (exact) mass is 221 g/mol. The Balaban J connectivity index is 2.22. The summed E-state index contributed by atoms with van der Waals surface area (Å²) in [5, 5.41) is 18.5. The highest BCUT2D eigenvalue weighted by atomic mass is 16.3. The van der Waals surface area contributed by atoms with E-state index in [2.05, 4.69) is 30.0 Å². The molecule has 1 aliphatic heterocycles. The van der Waals surface area contributed by atoms with Crippen LogP contribution in [0.4, 0.5) is 5.69 Å². The first-order valence-electron chi connectivity index (χ1n) is 5.86. The molecular weight excluding hydrogens is 202 g/mol. The summed E-state index contributed by atoms with van der Waals surface area (Å²) < 4.78 is 0. The van der Waals surface area contributed by atoms with Gasteiger partial charge in [-0.3, -0.25) is 0 Å². The van der Waals surface area contributed by atoms with Gasteiger partial charge in [0.2, 0.25) is 0 Å². The Labute approximate surface area is 96.3 Å². The maximum atomic E-state index is 9.56. The zero-order valence-corrected chi connectivity index (χ0v) is 9.63. The van der Waals surface area contributed by atoms with Crippen LogP contribution in [-0.2, 0) is 6.42 Å². The molecule has 1 aromatic carbocycles. The number of fused-ring (bicyclic) bond motifs is 1. The largest absolute Gasteiger partial charge is 0.394 e. The smallest absolute Gasteiger partial charge is 0.0945 e. The average Bonchev–Trinajstić information content (AvgIpc) is 2.32. The number of hydrogen-bond acceptors (Lipinski definition) is 3. The van der Waals surface area contributed by atoms with Crippen LogP contribution in [0.25, 0.3) is 0 Å². The number of anilines is 1. The molecule has 3 heteroatoms. The predicted octanol–water partition coefficient (Wildman–Crippen LogP) is 1.18. The molecule has 2 rings (SSSR count). The van der Waals surface area contributed by atoms with Crippen molar-refractivity contribution in [2.45, 2.75) is 31.9 Å². The summed E-state index contributed by atoms with van der Waals surface area (Å²) >= 11 is 0.